The predicted molar refractivity (Wildman–Crippen MR) is 101 cm³/mol. The van der Waals surface area contributed by atoms with Crippen LogP contribution in [0.3, 0.4) is 0 Å². The number of fused-ring (bicyclic) bond motifs is 1. The summed E-state index contributed by atoms with van der Waals surface area (Å²) < 4.78 is 6.69. The van der Waals surface area contributed by atoms with Gasteiger partial charge in [-0.1, -0.05) is 48.9 Å². The highest BCUT2D eigenvalue weighted by atomic mass is 35.5. The summed E-state index contributed by atoms with van der Waals surface area (Å²) in [6.45, 7) is 5.68. The van der Waals surface area contributed by atoms with Crippen molar-refractivity contribution in [3.8, 4) is 0 Å². The van der Waals surface area contributed by atoms with Gasteiger partial charge in [0.05, 0.1) is 5.92 Å². The van der Waals surface area contributed by atoms with Gasteiger partial charge in [-0.15, -0.1) is 0 Å². The number of halogens is 1. The molecule has 0 fully saturated rings. The second-order valence-corrected chi connectivity index (χ2v) is 7.78. The number of benzene rings is 1. The number of carbonyl (C=O) groups excluding carboxylic acids is 1. The molecule has 0 bridgehead atoms. The molecule has 0 unspecified atom stereocenters. The van der Waals surface area contributed by atoms with Crippen LogP contribution in [0.1, 0.15) is 36.0 Å². The Hall–Kier alpha value is -2.25. The smallest absolute Gasteiger partial charge is 0.314 e. The minimum atomic E-state index is -0.398. The van der Waals surface area contributed by atoms with E-state index in [1.54, 1.807) is 19.1 Å². The monoisotopic (exact) mass is 391 g/mol. The van der Waals surface area contributed by atoms with Crippen molar-refractivity contribution in [3.05, 3.63) is 62.0 Å². The molecule has 1 atom stereocenters. The summed E-state index contributed by atoms with van der Waals surface area (Å²) in [5.74, 6) is -0.672. The molecule has 0 N–H and O–H groups in total. The van der Waals surface area contributed by atoms with Gasteiger partial charge in [0.15, 0.2) is 5.01 Å². The first kappa shape index (κ1) is 18.5. The first-order valence-electron chi connectivity index (χ1n) is 8.13. The number of rotatable bonds is 5. The molecule has 136 valence electrons. The largest absolute Gasteiger partial charge is 0.458 e. The molecule has 0 aliphatic rings. The van der Waals surface area contributed by atoms with E-state index in [0.29, 0.717) is 20.7 Å². The summed E-state index contributed by atoms with van der Waals surface area (Å²) in [6.07, 6.45) is 0. The highest BCUT2D eigenvalue weighted by Crippen LogP contribution is 2.27. The minimum absolute atomic E-state index is 0.00214. The maximum absolute atomic E-state index is 12.6. The van der Waals surface area contributed by atoms with Crippen molar-refractivity contribution < 1.29 is 9.53 Å². The van der Waals surface area contributed by atoms with Crippen LogP contribution >= 0.6 is 22.9 Å². The molecule has 0 saturated carbocycles. The molecule has 1 aromatic carbocycles. The van der Waals surface area contributed by atoms with Gasteiger partial charge in [-0.2, -0.15) is 9.61 Å². The number of esters is 1. The topological polar surface area (TPSA) is 73.6 Å². The van der Waals surface area contributed by atoms with E-state index in [9.17, 15) is 9.59 Å². The third-order valence-corrected chi connectivity index (χ3v) is 5.04. The third kappa shape index (κ3) is 3.94. The van der Waals surface area contributed by atoms with Gasteiger partial charge in [0.2, 0.25) is 4.96 Å². The molecule has 8 heteroatoms. The molecule has 0 spiro atoms. The van der Waals surface area contributed by atoms with Gasteiger partial charge < -0.3 is 4.74 Å². The number of nitrogens with zero attached hydrogens (tertiary/aromatic N) is 3. The van der Waals surface area contributed by atoms with Gasteiger partial charge in [0, 0.05) is 16.8 Å². The Morgan fingerprint density at radius 3 is 2.65 bits per heavy atom. The molecule has 3 aromatic rings. The maximum Gasteiger partial charge on any atom is 0.314 e. The van der Waals surface area contributed by atoms with Crippen LogP contribution in [-0.4, -0.2) is 20.6 Å². The quantitative estimate of drug-likeness (QED) is 0.621. The van der Waals surface area contributed by atoms with Gasteiger partial charge >= 0.3 is 5.97 Å². The lowest BCUT2D eigenvalue weighted by molar-refractivity contribution is -0.148. The number of aryl methyl sites for hydroxylation is 1. The van der Waals surface area contributed by atoms with E-state index in [2.05, 4.69) is 10.1 Å². The Morgan fingerprint density at radius 1 is 1.31 bits per heavy atom. The van der Waals surface area contributed by atoms with Crippen molar-refractivity contribution in [2.45, 2.75) is 33.3 Å². The van der Waals surface area contributed by atoms with Crippen LogP contribution in [-0.2, 0) is 16.1 Å². The molecule has 0 amide bonds. The summed E-state index contributed by atoms with van der Waals surface area (Å²) in [4.78, 5) is 29.3. The van der Waals surface area contributed by atoms with Gasteiger partial charge in [0.25, 0.3) is 5.56 Å². The first-order valence-corrected chi connectivity index (χ1v) is 9.33. The maximum atomic E-state index is 12.6. The third-order valence-electron chi connectivity index (χ3n) is 3.90. The van der Waals surface area contributed by atoms with Gasteiger partial charge in [-0.3, -0.25) is 9.59 Å². The summed E-state index contributed by atoms with van der Waals surface area (Å²) in [7, 11) is 0. The molecular weight excluding hydrogens is 374 g/mol. The van der Waals surface area contributed by atoms with E-state index in [1.807, 2.05) is 26.0 Å². The van der Waals surface area contributed by atoms with Gasteiger partial charge in [0.1, 0.15) is 6.61 Å². The molecule has 2 heterocycles. The highest BCUT2D eigenvalue weighted by molar-refractivity contribution is 7.16. The highest BCUT2D eigenvalue weighted by Gasteiger charge is 2.26. The summed E-state index contributed by atoms with van der Waals surface area (Å²) >= 11 is 7.15. The second kappa shape index (κ2) is 7.55. The minimum Gasteiger partial charge on any atom is -0.458 e. The SMILES string of the molecule is Cc1cc(=O)n2nc(COC(=O)[C@@H](c3ccc(Cl)cc3)C(C)C)sc2n1. The van der Waals surface area contributed by atoms with Crippen molar-refractivity contribution in [3.63, 3.8) is 0 Å². The zero-order chi connectivity index (χ0) is 18.8. The van der Waals surface area contributed by atoms with Crippen molar-refractivity contribution in [2.24, 2.45) is 5.92 Å². The summed E-state index contributed by atoms with van der Waals surface area (Å²) in [6, 6.07) is 8.59. The molecule has 6 nitrogen and oxygen atoms in total. The zero-order valence-electron chi connectivity index (χ0n) is 14.6. The predicted octanol–water partition coefficient (Wildman–Crippen LogP) is 3.60. The van der Waals surface area contributed by atoms with Crippen molar-refractivity contribution in [1.29, 1.82) is 0 Å². The fourth-order valence-corrected chi connectivity index (χ4v) is 3.69. The Kier molecular flexibility index (Phi) is 5.38. The Labute approximate surface area is 159 Å². The standard InChI is InChI=1S/C18H18ClN3O3S/c1-10(2)16(12-4-6-13(19)7-5-12)17(24)25-9-14-21-22-15(23)8-11(3)20-18(22)26-14/h4-8,10,16H,9H2,1-3H3/t16-/m1/s1. The number of aromatic nitrogens is 3. The average molecular weight is 392 g/mol. The van der Waals surface area contributed by atoms with Crippen LogP contribution in [0.4, 0.5) is 0 Å². The van der Waals surface area contributed by atoms with E-state index in [4.69, 9.17) is 16.3 Å². The lowest BCUT2D eigenvalue weighted by Crippen LogP contribution is -2.21. The second-order valence-electron chi connectivity index (χ2n) is 6.31. The van der Waals surface area contributed by atoms with E-state index in [1.165, 1.54) is 21.9 Å². The Balaban J connectivity index is 1.77. The van der Waals surface area contributed by atoms with Crippen molar-refractivity contribution >= 4 is 33.9 Å². The molecule has 2 aromatic heterocycles. The molecule has 3 rings (SSSR count). The molecule has 0 saturated heterocycles. The van der Waals surface area contributed by atoms with E-state index in [-0.39, 0.29) is 24.1 Å². The van der Waals surface area contributed by atoms with Crippen LogP contribution in [0, 0.1) is 12.8 Å². The number of hydrogen-bond acceptors (Lipinski definition) is 6. The molecular formula is C18H18ClN3O3S. The van der Waals surface area contributed by atoms with Crippen LogP contribution in [0.15, 0.2) is 35.1 Å². The fraction of sp³-hybridized carbons (Fsp3) is 0.333. The number of carbonyl (C=O) groups is 1. The lowest BCUT2D eigenvalue weighted by atomic mass is 9.88. The van der Waals surface area contributed by atoms with E-state index < -0.39 is 5.92 Å². The first-order chi connectivity index (χ1) is 12.3. The van der Waals surface area contributed by atoms with Gasteiger partial charge in [-0.25, -0.2) is 4.98 Å². The zero-order valence-corrected chi connectivity index (χ0v) is 16.2. The molecule has 0 radical (unpaired) electrons. The van der Waals surface area contributed by atoms with Crippen LogP contribution in [0.25, 0.3) is 4.96 Å². The normalized spacial score (nSPS) is 12.5. The Morgan fingerprint density at radius 2 is 2.00 bits per heavy atom. The molecule has 26 heavy (non-hydrogen) atoms. The summed E-state index contributed by atoms with van der Waals surface area (Å²) in [5.41, 5.74) is 1.24. The lowest BCUT2D eigenvalue weighted by Gasteiger charge is -2.19. The molecule has 0 aliphatic carbocycles. The average Bonchev–Trinajstić information content (AvgIpc) is 2.98. The summed E-state index contributed by atoms with van der Waals surface area (Å²) in [5, 5.41) is 5.32. The van der Waals surface area contributed by atoms with Crippen LogP contribution in [0.2, 0.25) is 5.02 Å². The van der Waals surface area contributed by atoms with Gasteiger partial charge in [-0.05, 0) is 30.5 Å². The van der Waals surface area contributed by atoms with Crippen molar-refractivity contribution in [2.75, 3.05) is 0 Å². The van der Waals surface area contributed by atoms with E-state index >= 15 is 0 Å². The Bertz CT molecular complexity index is 995. The number of ether oxygens (including phenoxy) is 1. The fourth-order valence-electron chi connectivity index (χ4n) is 2.70. The van der Waals surface area contributed by atoms with Crippen LogP contribution in [0.5, 0.6) is 0 Å². The van der Waals surface area contributed by atoms with Crippen LogP contribution < -0.4 is 5.56 Å². The van der Waals surface area contributed by atoms with Crippen molar-refractivity contribution in [1.82, 2.24) is 14.6 Å². The molecule has 0 aliphatic heterocycles. The number of hydrogen-bond donors (Lipinski definition) is 0. The van der Waals surface area contributed by atoms with E-state index in [0.717, 1.165) is 5.56 Å².